The van der Waals surface area contributed by atoms with Crippen molar-refractivity contribution in [3.05, 3.63) is 33.8 Å². The number of hydrogen-bond acceptors (Lipinski definition) is 1. The Labute approximate surface area is 104 Å². The van der Waals surface area contributed by atoms with Gasteiger partial charge in [0, 0.05) is 24.5 Å². The Morgan fingerprint density at radius 3 is 2.67 bits per heavy atom. The first-order chi connectivity index (χ1) is 7.06. The Hall–Kier alpha value is -0.440. The minimum atomic E-state index is -0.178. The Kier molecular flexibility index (Phi) is 4.71. The smallest absolute Gasteiger partial charge is 0.255 e. The fraction of sp³-hybridized carbons (Fsp3) is 0.300. The van der Waals surface area contributed by atoms with Gasteiger partial charge >= 0.3 is 0 Å². The van der Waals surface area contributed by atoms with Gasteiger partial charge in [-0.3, -0.25) is 4.79 Å². The lowest BCUT2D eigenvalue weighted by Gasteiger charge is -2.16. The lowest BCUT2D eigenvalue weighted by Crippen LogP contribution is -2.28. The summed E-state index contributed by atoms with van der Waals surface area (Å²) in [6, 6.07) is 4.80. The van der Waals surface area contributed by atoms with Gasteiger partial charge in [0.05, 0.1) is 10.6 Å². The number of nitrogens with zero attached hydrogens (tertiary/aromatic N) is 1. The Balaban J connectivity index is 2.95. The van der Waals surface area contributed by atoms with Crippen molar-refractivity contribution < 1.29 is 4.79 Å². The summed E-state index contributed by atoms with van der Waals surface area (Å²) in [6.07, 6.45) is 0. The molecule has 2 nitrogen and oxygen atoms in total. The molecule has 1 aromatic carbocycles. The first-order valence-corrected chi connectivity index (χ1v) is 5.61. The zero-order valence-electron chi connectivity index (χ0n) is 8.14. The molecule has 0 saturated heterocycles. The number of benzene rings is 1. The summed E-state index contributed by atoms with van der Waals surface area (Å²) in [7, 11) is 1.67. The molecule has 0 aliphatic carbocycles. The molecule has 0 saturated carbocycles. The van der Waals surface area contributed by atoms with E-state index >= 15 is 0 Å². The third-order valence-corrected chi connectivity index (χ3v) is 2.66. The maximum absolute atomic E-state index is 11.8. The molecule has 1 amide bonds. The molecule has 5 heteroatoms. The van der Waals surface area contributed by atoms with Crippen LogP contribution in [-0.4, -0.2) is 30.3 Å². The standard InChI is InChI=1S/C10H10Cl3NO/c1-14(5-4-11)10(15)8-6-7(12)2-3-9(8)13/h2-3,6H,4-5H2,1H3. The van der Waals surface area contributed by atoms with E-state index < -0.39 is 0 Å². The molecule has 1 aromatic rings. The van der Waals surface area contributed by atoms with Crippen molar-refractivity contribution in [3.8, 4) is 0 Å². The van der Waals surface area contributed by atoms with Gasteiger partial charge < -0.3 is 4.90 Å². The minimum Gasteiger partial charge on any atom is -0.340 e. The van der Waals surface area contributed by atoms with Crippen LogP contribution < -0.4 is 0 Å². The van der Waals surface area contributed by atoms with Crippen LogP contribution in [0, 0.1) is 0 Å². The number of carbonyl (C=O) groups excluding carboxylic acids is 1. The van der Waals surface area contributed by atoms with Gasteiger partial charge in [0.2, 0.25) is 0 Å². The van der Waals surface area contributed by atoms with Gasteiger partial charge in [-0.05, 0) is 18.2 Å². The van der Waals surface area contributed by atoms with E-state index in [0.717, 1.165) is 0 Å². The van der Waals surface area contributed by atoms with E-state index in [1.165, 1.54) is 4.90 Å². The average molecular weight is 267 g/mol. The fourth-order valence-corrected chi connectivity index (χ4v) is 1.72. The van der Waals surface area contributed by atoms with Gasteiger partial charge in [0.15, 0.2) is 0 Å². The molecule has 0 unspecified atom stereocenters. The second kappa shape index (κ2) is 5.59. The van der Waals surface area contributed by atoms with Crippen molar-refractivity contribution in [2.45, 2.75) is 0 Å². The normalized spacial score (nSPS) is 10.1. The van der Waals surface area contributed by atoms with E-state index in [1.54, 1.807) is 25.2 Å². The molecule has 0 atom stereocenters. The predicted octanol–water partition coefficient (Wildman–Crippen LogP) is 3.30. The molecular formula is C10H10Cl3NO. The molecule has 0 radical (unpaired) electrons. The van der Waals surface area contributed by atoms with Gasteiger partial charge in [0.1, 0.15) is 0 Å². The van der Waals surface area contributed by atoms with Crippen molar-refractivity contribution >= 4 is 40.7 Å². The Bertz CT molecular complexity index is 368. The summed E-state index contributed by atoms with van der Waals surface area (Å²) in [6.45, 7) is 0.475. The van der Waals surface area contributed by atoms with Crippen LogP contribution in [0.15, 0.2) is 18.2 Å². The molecule has 0 fully saturated rings. The second-order valence-electron chi connectivity index (χ2n) is 3.04. The molecule has 0 aliphatic rings. The summed E-state index contributed by atoms with van der Waals surface area (Å²) in [5, 5.41) is 0.882. The average Bonchev–Trinajstić information content (AvgIpc) is 2.21. The molecule has 0 bridgehead atoms. The van der Waals surface area contributed by atoms with Gasteiger partial charge in [-0.2, -0.15) is 0 Å². The van der Waals surface area contributed by atoms with Crippen LogP contribution in [0.5, 0.6) is 0 Å². The third kappa shape index (κ3) is 3.26. The molecule has 0 aromatic heterocycles. The quantitative estimate of drug-likeness (QED) is 0.769. The number of rotatable bonds is 3. The molecule has 0 heterocycles. The highest BCUT2D eigenvalue weighted by molar-refractivity contribution is 6.35. The van der Waals surface area contributed by atoms with Crippen molar-refractivity contribution in [2.24, 2.45) is 0 Å². The van der Waals surface area contributed by atoms with E-state index in [9.17, 15) is 4.79 Å². The van der Waals surface area contributed by atoms with Crippen LogP contribution >= 0.6 is 34.8 Å². The number of halogens is 3. The molecular weight excluding hydrogens is 256 g/mol. The molecule has 0 aliphatic heterocycles. The maximum Gasteiger partial charge on any atom is 0.255 e. The highest BCUT2D eigenvalue weighted by Crippen LogP contribution is 2.21. The van der Waals surface area contributed by atoms with Crippen LogP contribution in [0.3, 0.4) is 0 Å². The summed E-state index contributed by atoms with van der Waals surface area (Å²) in [4.78, 5) is 13.3. The van der Waals surface area contributed by atoms with Crippen LogP contribution in [0.25, 0.3) is 0 Å². The predicted molar refractivity (Wildman–Crippen MR) is 64.1 cm³/mol. The molecule has 82 valence electrons. The summed E-state index contributed by atoms with van der Waals surface area (Å²) < 4.78 is 0. The van der Waals surface area contributed by atoms with Crippen molar-refractivity contribution in [1.29, 1.82) is 0 Å². The van der Waals surface area contributed by atoms with E-state index in [2.05, 4.69) is 0 Å². The zero-order valence-corrected chi connectivity index (χ0v) is 10.4. The second-order valence-corrected chi connectivity index (χ2v) is 4.26. The number of carbonyl (C=O) groups is 1. The largest absolute Gasteiger partial charge is 0.340 e. The highest BCUT2D eigenvalue weighted by Gasteiger charge is 2.14. The van der Waals surface area contributed by atoms with Crippen LogP contribution in [0.4, 0.5) is 0 Å². The number of amides is 1. The maximum atomic E-state index is 11.8. The Morgan fingerprint density at radius 2 is 2.07 bits per heavy atom. The molecule has 1 rings (SSSR count). The Morgan fingerprint density at radius 1 is 1.40 bits per heavy atom. The van der Waals surface area contributed by atoms with Gasteiger partial charge in [-0.25, -0.2) is 0 Å². The monoisotopic (exact) mass is 265 g/mol. The lowest BCUT2D eigenvalue weighted by atomic mass is 10.2. The summed E-state index contributed by atoms with van der Waals surface area (Å²) in [5.74, 6) is 0.212. The third-order valence-electron chi connectivity index (χ3n) is 1.93. The lowest BCUT2D eigenvalue weighted by molar-refractivity contribution is 0.0803. The van der Waals surface area contributed by atoms with Gasteiger partial charge in [-0.15, -0.1) is 11.6 Å². The van der Waals surface area contributed by atoms with E-state index in [0.29, 0.717) is 28.0 Å². The van der Waals surface area contributed by atoms with Gasteiger partial charge in [-0.1, -0.05) is 23.2 Å². The topological polar surface area (TPSA) is 20.3 Å². The molecule has 0 spiro atoms. The van der Waals surface area contributed by atoms with Gasteiger partial charge in [0.25, 0.3) is 5.91 Å². The first-order valence-electron chi connectivity index (χ1n) is 4.32. The fourth-order valence-electron chi connectivity index (χ4n) is 1.10. The first kappa shape index (κ1) is 12.6. The van der Waals surface area contributed by atoms with Crippen molar-refractivity contribution in [1.82, 2.24) is 4.90 Å². The summed E-state index contributed by atoms with van der Waals surface area (Å²) in [5.41, 5.74) is 0.400. The summed E-state index contributed by atoms with van der Waals surface area (Å²) >= 11 is 17.2. The van der Waals surface area contributed by atoms with E-state index in [4.69, 9.17) is 34.8 Å². The highest BCUT2D eigenvalue weighted by atomic mass is 35.5. The SMILES string of the molecule is CN(CCCl)C(=O)c1cc(Cl)ccc1Cl. The van der Waals surface area contributed by atoms with E-state index in [-0.39, 0.29) is 5.91 Å². The van der Waals surface area contributed by atoms with E-state index in [1.807, 2.05) is 0 Å². The number of alkyl halides is 1. The van der Waals surface area contributed by atoms with Crippen LogP contribution in [-0.2, 0) is 0 Å². The molecule has 0 N–H and O–H groups in total. The minimum absolute atomic E-state index is 0.178. The van der Waals surface area contributed by atoms with Crippen molar-refractivity contribution in [3.63, 3.8) is 0 Å². The van der Waals surface area contributed by atoms with Crippen LogP contribution in [0.2, 0.25) is 10.0 Å². The van der Waals surface area contributed by atoms with Crippen molar-refractivity contribution in [2.75, 3.05) is 19.5 Å². The number of hydrogen-bond donors (Lipinski definition) is 0. The molecule has 15 heavy (non-hydrogen) atoms. The van der Waals surface area contributed by atoms with Crippen LogP contribution in [0.1, 0.15) is 10.4 Å². The zero-order chi connectivity index (χ0) is 11.4.